The first-order valence-electron chi connectivity index (χ1n) is 32.0. The maximum atomic E-state index is 13.1. The molecule has 578 valence electrons. The molecule has 0 radical (unpaired) electrons. The lowest BCUT2D eigenvalue weighted by molar-refractivity contribution is -0.400. The summed E-state index contributed by atoms with van der Waals surface area (Å²) in [6.07, 6.45) is -72.5. The second-order valence-corrected chi connectivity index (χ2v) is 25.4. The summed E-state index contributed by atoms with van der Waals surface area (Å²) in [5, 5.41) is 242. The Labute approximate surface area is 567 Å². The molecule has 0 saturated carbocycles. The average Bonchev–Trinajstić information content (AvgIpc) is 0.758. The van der Waals surface area contributed by atoms with E-state index in [1.165, 1.54) is 6.92 Å². The van der Waals surface area contributed by atoms with Crippen molar-refractivity contribution >= 4 is 23.6 Å². The Bertz CT molecular complexity index is 2620. The molecule has 8 heterocycles. The first-order valence-corrected chi connectivity index (χ1v) is 32.0. The molecule has 0 spiro atoms. The van der Waals surface area contributed by atoms with Crippen LogP contribution in [0.3, 0.4) is 0 Å². The van der Waals surface area contributed by atoms with Crippen LogP contribution in [-0.4, -0.2) is 423 Å². The third-order valence-corrected chi connectivity index (χ3v) is 18.2. The van der Waals surface area contributed by atoms with Crippen molar-refractivity contribution in [2.24, 2.45) is 0 Å². The van der Waals surface area contributed by atoms with Gasteiger partial charge in [-0.3, -0.25) is 19.2 Å². The van der Waals surface area contributed by atoms with Crippen molar-refractivity contribution in [2.75, 3.05) is 46.2 Å². The minimum Gasteiger partial charge on any atom is -0.394 e. The quantitative estimate of drug-likeness (QED) is 0.0404. The van der Waals surface area contributed by atoms with E-state index in [0.29, 0.717) is 0 Å². The van der Waals surface area contributed by atoms with Gasteiger partial charge in [-0.1, -0.05) is 0 Å². The molecule has 0 aliphatic carbocycles. The van der Waals surface area contributed by atoms with Crippen LogP contribution in [0.4, 0.5) is 0 Å². The highest BCUT2D eigenvalue weighted by Crippen LogP contribution is 2.39. The number of carbonyl (C=O) groups is 4. The molecule has 8 aliphatic rings. The van der Waals surface area contributed by atoms with Gasteiger partial charge in [0.05, 0.1) is 52.4 Å². The van der Waals surface area contributed by atoms with Crippen LogP contribution in [0.25, 0.3) is 0 Å². The molecule has 1 unspecified atom stereocenters. The average molecular weight is 1460 g/mol. The van der Waals surface area contributed by atoms with Crippen molar-refractivity contribution < 1.29 is 197 Å². The third-order valence-electron chi connectivity index (χ3n) is 18.2. The Kier molecular flexibility index (Phi) is 29.3. The molecule has 0 aromatic rings. The zero-order chi connectivity index (χ0) is 73.8. The number of amides is 4. The molecule has 0 aromatic heterocycles. The number of aliphatic hydroxyl groups is 21. The Morgan fingerprint density at radius 2 is 0.600 bits per heavy atom. The highest BCUT2D eigenvalue weighted by atomic mass is 16.8. The Morgan fingerprint density at radius 1 is 0.280 bits per heavy atom. The zero-order valence-corrected chi connectivity index (χ0v) is 54.2. The number of hydrogen-bond acceptors (Lipinski definition) is 40. The monoisotopic (exact) mass is 1460 g/mol. The van der Waals surface area contributed by atoms with E-state index in [1.54, 1.807) is 0 Å². The fourth-order valence-electron chi connectivity index (χ4n) is 12.8. The fraction of sp³-hybridized carbons (Fsp3) is 0.929. The molecule has 40 atom stereocenters. The van der Waals surface area contributed by atoms with Crippen molar-refractivity contribution in [3.63, 3.8) is 0 Å². The van der Waals surface area contributed by atoms with Crippen molar-refractivity contribution in [3.8, 4) is 0 Å². The molecule has 44 heteroatoms. The fourth-order valence-corrected chi connectivity index (χ4v) is 12.8. The van der Waals surface area contributed by atoms with Crippen LogP contribution in [0.15, 0.2) is 0 Å². The van der Waals surface area contributed by atoms with E-state index >= 15 is 0 Å². The molecule has 44 nitrogen and oxygen atoms in total. The van der Waals surface area contributed by atoms with Gasteiger partial charge in [0.15, 0.2) is 50.3 Å². The summed E-state index contributed by atoms with van der Waals surface area (Å²) in [5.74, 6) is -3.51. The molecule has 4 amide bonds. The number of aliphatic hydroxyl groups excluding tert-OH is 21. The third kappa shape index (κ3) is 18.3. The van der Waals surface area contributed by atoms with Gasteiger partial charge in [-0.15, -0.1) is 0 Å². The highest BCUT2D eigenvalue weighted by molar-refractivity contribution is 5.74. The summed E-state index contributed by atoms with van der Waals surface area (Å²) in [6, 6.07) is -7.28. The molecular formula is C56H94N4O40. The molecule has 0 bridgehead atoms. The highest BCUT2D eigenvalue weighted by Gasteiger charge is 2.60. The van der Waals surface area contributed by atoms with E-state index in [-0.39, 0.29) is 0 Å². The van der Waals surface area contributed by atoms with Crippen molar-refractivity contribution in [1.82, 2.24) is 21.3 Å². The van der Waals surface area contributed by atoms with E-state index < -0.39 is 315 Å². The number of ether oxygens (including phenoxy) is 15. The Balaban J connectivity index is 1.19. The van der Waals surface area contributed by atoms with Gasteiger partial charge < -0.3 is 200 Å². The predicted molar refractivity (Wildman–Crippen MR) is 309 cm³/mol. The van der Waals surface area contributed by atoms with Gasteiger partial charge in [0, 0.05) is 27.7 Å². The maximum absolute atomic E-state index is 13.1. The van der Waals surface area contributed by atoms with Crippen molar-refractivity contribution in [2.45, 2.75) is 280 Å². The molecule has 8 fully saturated rings. The van der Waals surface area contributed by atoms with Gasteiger partial charge in [0.25, 0.3) is 0 Å². The summed E-state index contributed by atoms with van der Waals surface area (Å²) in [7, 11) is 0. The van der Waals surface area contributed by atoms with E-state index in [2.05, 4.69) is 21.3 Å². The van der Waals surface area contributed by atoms with E-state index in [4.69, 9.17) is 71.1 Å². The second kappa shape index (κ2) is 35.7. The van der Waals surface area contributed by atoms with Crippen LogP contribution in [0.1, 0.15) is 34.6 Å². The number of hydrogen-bond donors (Lipinski definition) is 25. The van der Waals surface area contributed by atoms with Gasteiger partial charge in [-0.2, -0.15) is 0 Å². The van der Waals surface area contributed by atoms with Gasteiger partial charge in [0.2, 0.25) is 23.6 Å². The van der Waals surface area contributed by atoms with Crippen molar-refractivity contribution in [3.05, 3.63) is 0 Å². The molecule has 0 aromatic carbocycles. The lowest BCUT2D eigenvalue weighted by Gasteiger charge is -2.52. The first-order chi connectivity index (χ1) is 47.2. The molecule has 8 aliphatic heterocycles. The zero-order valence-electron chi connectivity index (χ0n) is 54.2. The van der Waals surface area contributed by atoms with Crippen LogP contribution in [0, 0.1) is 0 Å². The summed E-state index contributed by atoms with van der Waals surface area (Å²) >= 11 is 0. The first kappa shape index (κ1) is 82.1. The minimum absolute atomic E-state index is 0.815. The second-order valence-electron chi connectivity index (χ2n) is 25.4. The minimum atomic E-state index is -2.54. The largest absolute Gasteiger partial charge is 0.394 e. The topological polar surface area (TPSA) is 680 Å². The summed E-state index contributed by atoms with van der Waals surface area (Å²) < 4.78 is 90.0. The lowest BCUT2D eigenvalue weighted by atomic mass is 9.93. The van der Waals surface area contributed by atoms with E-state index in [1.807, 2.05) is 0 Å². The number of rotatable bonds is 25. The van der Waals surface area contributed by atoms with Crippen LogP contribution in [0.5, 0.6) is 0 Å². The van der Waals surface area contributed by atoms with Gasteiger partial charge >= 0.3 is 0 Å². The van der Waals surface area contributed by atoms with Crippen LogP contribution < -0.4 is 21.3 Å². The number of nitrogens with one attached hydrogen (secondary N) is 4. The molecule has 8 rings (SSSR count). The van der Waals surface area contributed by atoms with Gasteiger partial charge in [-0.05, 0) is 6.92 Å². The molecule has 25 N–H and O–H groups in total. The van der Waals surface area contributed by atoms with E-state index in [0.717, 1.165) is 27.7 Å². The molecular weight excluding hydrogens is 1370 g/mol. The Morgan fingerprint density at radius 3 is 1.09 bits per heavy atom. The number of carbonyl (C=O) groups excluding carboxylic acids is 4. The van der Waals surface area contributed by atoms with Crippen LogP contribution >= 0.6 is 0 Å². The summed E-state index contributed by atoms with van der Waals surface area (Å²) in [4.78, 5) is 50.7. The molecule has 8 saturated heterocycles. The van der Waals surface area contributed by atoms with Crippen LogP contribution in [-0.2, 0) is 90.2 Å². The predicted octanol–water partition coefficient (Wildman–Crippen LogP) is -16.8. The normalized spacial score (nSPS) is 48.7. The van der Waals surface area contributed by atoms with Gasteiger partial charge in [0.1, 0.15) is 189 Å². The molecule has 100 heavy (non-hydrogen) atoms. The van der Waals surface area contributed by atoms with E-state index in [9.17, 15) is 126 Å². The summed E-state index contributed by atoms with van der Waals surface area (Å²) in [6.45, 7) is -2.14. The maximum Gasteiger partial charge on any atom is 0.217 e. The van der Waals surface area contributed by atoms with Crippen LogP contribution in [0.2, 0.25) is 0 Å². The lowest BCUT2D eigenvalue weighted by Crippen LogP contribution is -2.71. The summed E-state index contributed by atoms with van der Waals surface area (Å²) in [5.41, 5.74) is 0. The smallest absolute Gasteiger partial charge is 0.217 e. The standard InChI is InChI=1S/C56H94N4O40/c1-13-29(70)38(79)41(82)53(88-13)86-11-23-45(36(77)25(49(85)89-23)57-14(2)66)96-52-28(60-17(5)69)37(78)44(22(10-65)94-52)97-55-43(84)47(99-54-42(83)39(80)32(73)20(8-63)92-54)46(98-50-26(58-15(3)67)34(75)30(71)18(6-61)90-50)24(95-55)12-87-56-48(40(81)33(74)21(9-64)93-56)100-51-27(59-16(4)68)35(76)31(72)19(7-62)91-51/h13,18-56,61-65,70-85H,6-12H2,1-5H3,(H,57,66)(H,58,67)(H,59,68)(H,60,69)/t13-,18+,19+,20+,21+,22+,23+,24+,25+,26+,27+,28+,29+,30+,31+,32+,33+,34+,35+,36+,37+,38+,39-,40-,41+,42-,43-,44+,45+,46+,47+,48-,49?,50-,51-,52-,53+,54+,55-,56-/m0/s1. The van der Waals surface area contributed by atoms with Gasteiger partial charge in [-0.25, -0.2) is 0 Å². The van der Waals surface area contributed by atoms with Crippen molar-refractivity contribution in [1.29, 1.82) is 0 Å². The Hall–Kier alpha value is -3.56. The SMILES string of the molecule is CC(=O)N[C@H]1[C@H](O[C@H]2[C@H](O)[C@@H](NC(C)=O)C(O)O[C@@H]2CO[C@@H]2O[C@@H](C)[C@@H](O)[C@@H](O)[C@H]2O)O[C@H](CO)[C@@H](O[C@@H]2O[C@H](CO[C@H]3O[C@H](CO)[C@@H](O)[C@H](O)[C@@H]3O[C@@H]3O[C@H](CO)[C@@H](O)[C@H](O)[C@H]3NC(C)=O)[C@@H](O[C@@H]3O[C@H](CO)[C@@H](O)[C@H](O)[C@H]3NC(C)=O)[C@H](O[C@H]3O[C@H](CO)[C@@H](O)[C@H](O)[C@@H]3O)[C@@H]2O)[C@@H]1O.